The summed E-state index contributed by atoms with van der Waals surface area (Å²) in [4.78, 5) is 14.3. The van der Waals surface area contributed by atoms with Crippen molar-refractivity contribution in [3.63, 3.8) is 0 Å². The van der Waals surface area contributed by atoms with Gasteiger partial charge in [0.05, 0.1) is 11.5 Å². The monoisotopic (exact) mass is 273 g/mol. The second-order valence-corrected chi connectivity index (χ2v) is 8.59. The summed E-state index contributed by atoms with van der Waals surface area (Å²) in [6, 6.07) is 0. The van der Waals surface area contributed by atoms with Crippen molar-refractivity contribution in [1.82, 2.24) is 4.90 Å². The van der Waals surface area contributed by atoms with Crippen LogP contribution in [-0.2, 0) is 14.6 Å². The second-order valence-electron chi connectivity index (χ2n) is 6.29. The van der Waals surface area contributed by atoms with E-state index < -0.39 is 9.84 Å². The minimum Gasteiger partial charge on any atom is -0.302 e. The molecule has 1 aliphatic heterocycles. The van der Waals surface area contributed by atoms with Gasteiger partial charge in [0, 0.05) is 24.4 Å². The number of carbonyl (C=O) groups is 1. The summed E-state index contributed by atoms with van der Waals surface area (Å²) in [5.74, 6) is 1.01. The van der Waals surface area contributed by atoms with Crippen LogP contribution >= 0.6 is 0 Å². The molecule has 0 bridgehead atoms. The fourth-order valence-corrected chi connectivity index (χ4v) is 4.31. The third kappa shape index (κ3) is 3.12. The lowest BCUT2D eigenvalue weighted by Gasteiger charge is -2.23. The third-order valence-electron chi connectivity index (χ3n) is 4.28. The number of rotatable bonds is 2. The highest BCUT2D eigenvalue weighted by molar-refractivity contribution is 7.91. The van der Waals surface area contributed by atoms with E-state index in [1.165, 1.54) is 0 Å². The fourth-order valence-electron chi connectivity index (χ4n) is 3.00. The molecule has 1 saturated carbocycles. The molecule has 2 rings (SSSR count). The van der Waals surface area contributed by atoms with Crippen LogP contribution in [0.2, 0.25) is 0 Å². The van der Waals surface area contributed by atoms with Gasteiger partial charge in [-0.2, -0.15) is 0 Å². The Morgan fingerprint density at radius 1 is 1.28 bits per heavy atom. The maximum atomic E-state index is 12.2. The van der Waals surface area contributed by atoms with Gasteiger partial charge in [0.15, 0.2) is 9.84 Å². The average Bonchev–Trinajstić information content (AvgIpc) is 2.45. The molecule has 18 heavy (non-hydrogen) atoms. The number of sulfone groups is 1. The Bertz CT molecular complexity index is 428. The zero-order valence-corrected chi connectivity index (χ0v) is 12.1. The van der Waals surface area contributed by atoms with E-state index in [2.05, 4.69) is 4.90 Å². The van der Waals surface area contributed by atoms with Crippen molar-refractivity contribution < 1.29 is 13.2 Å². The van der Waals surface area contributed by atoms with Gasteiger partial charge >= 0.3 is 0 Å². The van der Waals surface area contributed by atoms with Crippen molar-refractivity contribution in [3.8, 4) is 0 Å². The maximum absolute atomic E-state index is 12.2. The van der Waals surface area contributed by atoms with Gasteiger partial charge in [-0.15, -0.1) is 0 Å². The normalized spacial score (nSPS) is 32.3. The topological polar surface area (TPSA) is 54.5 Å². The van der Waals surface area contributed by atoms with Crippen LogP contribution in [0.3, 0.4) is 0 Å². The summed E-state index contributed by atoms with van der Waals surface area (Å²) in [6.45, 7) is 6.18. The molecule has 0 amide bonds. The van der Waals surface area contributed by atoms with Crippen molar-refractivity contribution >= 4 is 15.6 Å². The minimum absolute atomic E-state index is 0.112. The van der Waals surface area contributed by atoms with Crippen molar-refractivity contribution in [3.05, 3.63) is 0 Å². The highest BCUT2D eigenvalue weighted by Gasteiger charge is 2.40. The fraction of sp³-hybridized carbons (Fsp3) is 0.923. The summed E-state index contributed by atoms with van der Waals surface area (Å²) in [5, 5.41) is 0. The van der Waals surface area contributed by atoms with Crippen LogP contribution in [-0.4, -0.2) is 50.2 Å². The number of Topliss-reactive ketones (excluding diaryl/α,β-unsaturated/α-hetero) is 1. The molecule has 1 heterocycles. The van der Waals surface area contributed by atoms with Gasteiger partial charge < -0.3 is 4.90 Å². The second kappa shape index (κ2) is 4.93. The number of hydrogen-bond donors (Lipinski definition) is 0. The zero-order chi connectivity index (χ0) is 13.4. The largest absolute Gasteiger partial charge is 0.302 e. The van der Waals surface area contributed by atoms with Gasteiger partial charge in [0.1, 0.15) is 5.78 Å². The lowest BCUT2D eigenvalue weighted by atomic mass is 9.89. The Morgan fingerprint density at radius 3 is 2.61 bits per heavy atom. The molecule has 4 nitrogen and oxygen atoms in total. The molecule has 0 N–H and O–H groups in total. The quantitative estimate of drug-likeness (QED) is 0.756. The van der Waals surface area contributed by atoms with Gasteiger partial charge in [0.2, 0.25) is 0 Å². The molecule has 104 valence electrons. The Morgan fingerprint density at radius 2 is 2.00 bits per heavy atom. The Balaban J connectivity index is 1.93. The predicted octanol–water partition coefficient (Wildman–Crippen LogP) is 1.11. The standard InChI is InChI=1S/C13H23NO3S/c1-13(2)5-4-11(12(13)15)10-14-6-3-8-18(16,17)9-7-14/h11H,3-10H2,1-2H3. The molecule has 1 unspecified atom stereocenters. The van der Waals surface area contributed by atoms with Crippen molar-refractivity contribution in [2.75, 3.05) is 31.1 Å². The van der Waals surface area contributed by atoms with E-state index in [0.717, 1.165) is 25.9 Å². The number of carbonyl (C=O) groups excluding carboxylic acids is 1. The first kappa shape index (κ1) is 14.0. The number of ketones is 1. The molecule has 2 aliphatic rings. The van der Waals surface area contributed by atoms with Crippen molar-refractivity contribution in [2.24, 2.45) is 11.3 Å². The number of nitrogens with zero attached hydrogens (tertiary/aromatic N) is 1. The first-order valence-corrected chi connectivity index (χ1v) is 8.59. The van der Waals surface area contributed by atoms with Gasteiger partial charge in [-0.05, 0) is 25.8 Å². The molecule has 1 saturated heterocycles. The van der Waals surface area contributed by atoms with Crippen LogP contribution in [0.5, 0.6) is 0 Å². The third-order valence-corrected chi connectivity index (χ3v) is 6.00. The lowest BCUT2D eigenvalue weighted by Crippen LogP contribution is -2.35. The van der Waals surface area contributed by atoms with E-state index in [1.54, 1.807) is 0 Å². The highest BCUT2D eigenvalue weighted by Crippen LogP contribution is 2.37. The van der Waals surface area contributed by atoms with Crippen LogP contribution in [0.15, 0.2) is 0 Å². The lowest BCUT2D eigenvalue weighted by molar-refractivity contribution is -0.127. The van der Waals surface area contributed by atoms with E-state index >= 15 is 0 Å². The Labute approximate surface area is 110 Å². The molecule has 0 aromatic heterocycles. The molecular weight excluding hydrogens is 250 g/mol. The van der Waals surface area contributed by atoms with Crippen LogP contribution in [0.25, 0.3) is 0 Å². The Hall–Kier alpha value is -0.420. The molecule has 2 fully saturated rings. The summed E-state index contributed by atoms with van der Waals surface area (Å²) < 4.78 is 23.1. The van der Waals surface area contributed by atoms with E-state index in [0.29, 0.717) is 24.5 Å². The van der Waals surface area contributed by atoms with Crippen molar-refractivity contribution in [2.45, 2.75) is 33.1 Å². The van der Waals surface area contributed by atoms with E-state index in [9.17, 15) is 13.2 Å². The molecule has 0 aromatic rings. The molecule has 1 atom stereocenters. The first-order chi connectivity index (χ1) is 8.30. The van der Waals surface area contributed by atoms with Crippen molar-refractivity contribution in [1.29, 1.82) is 0 Å². The van der Waals surface area contributed by atoms with E-state index in [1.807, 2.05) is 13.8 Å². The van der Waals surface area contributed by atoms with Gasteiger partial charge in [0.25, 0.3) is 0 Å². The highest BCUT2D eigenvalue weighted by atomic mass is 32.2. The summed E-state index contributed by atoms with van der Waals surface area (Å²) in [7, 11) is -2.85. The van der Waals surface area contributed by atoms with Gasteiger partial charge in [-0.1, -0.05) is 13.8 Å². The van der Waals surface area contributed by atoms with E-state index in [4.69, 9.17) is 0 Å². The molecule has 0 spiro atoms. The zero-order valence-electron chi connectivity index (χ0n) is 11.3. The van der Waals surface area contributed by atoms with Gasteiger partial charge in [-0.3, -0.25) is 4.79 Å². The summed E-state index contributed by atoms with van der Waals surface area (Å²) in [5.41, 5.74) is -0.178. The average molecular weight is 273 g/mol. The number of hydrogen-bond acceptors (Lipinski definition) is 4. The first-order valence-electron chi connectivity index (χ1n) is 6.77. The van der Waals surface area contributed by atoms with Crippen LogP contribution in [0, 0.1) is 11.3 Å². The predicted molar refractivity (Wildman–Crippen MR) is 71.2 cm³/mol. The summed E-state index contributed by atoms with van der Waals surface area (Å²) >= 11 is 0. The molecule has 0 radical (unpaired) electrons. The van der Waals surface area contributed by atoms with Crippen LogP contribution in [0.4, 0.5) is 0 Å². The van der Waals surface area contributed by atoms with Crippen LogP contribution < -0.4 is 0 Å². The van der Waals surface area contributed by atoms with Crippen LogP contribution in [0.1, 0.15) is 33.1 Å². The summed E-state index contributed by atoms with van der Waals surface area (Å²) in [6.07, 6.45) is 2.62. The smallest absolute Gasteiger partial charge is 0.151 e. The Kier molecular flexibility index (Phi) is 3.83. The van der Waals surface area contributed by atoms with Gasteiger partial charge in [-0.25, -0.2) is 8.42 Å². The minimum atomic E-state index is -2.85. The maximum Gasteiger partial charge on any atom is 0.151 e. The molecule has 1 aliphatic carbocycles. The van der Waals surface area contributed by atoms with E-state index in [-0.39, 0.29) is 17.1 Å². The SMILES string of the molecule is CC1(C)CCC(CN2CCCS(=O)(=O)CC2)C1=O. The molecular formula is C13H23NO3S. The molecule has 0 aromatic carbocycles. The molecule has 5 heteroatoms.